The first kappa shape index (κ1) is 11.2. The predicted molar refractivity (Wildman–Crippen MR) is 62.4 cm³/mol. The maximum Gasteiger partial charge on any atom is 0.261 e. The van der Waals surface area contributed by atoms with Gasteiger partial charge in [0, 0.05) is 6.61 Å². The number of rotatable bonds is 2. The van der Waals surface area contributed by atoms with E-state index in [2.05, 4.69) is 0 Å². The third-order valence-corrected chi connectivity index (χ3v) is 3.36. The Morgan fingerprint density at radius 3 is 2.78 bits per heavy atom. The van der Waals surface area contributed by atoms with Crippen LogP contribution in [-0.2, 0) is 4.74 Å². The largest absolute Gasteiger partial charge is 0.508 e. The number of amides is 2. The molecule has 0 radical (unpaired) electrons. The lowest BCUT2D eigenvalue weighted by molar-refractivity contribution is 0.0475. The van der Waals surface area contributed by atoms with Crippen LogP contribution in [0.15, 0.2) is 18.2 Å². The number of nitrogens with zero attached hydrogens (tertiary/aromatic N) is 1. The first-order valence-electron chi connectivity index (χ1n) is 5.97. The van der Waals surface area contributed by atoms with Crippen molar-refractivity contribution in [3.63, 3.8) is 0 Å². The van der Waals surface area contributed by atoms with Gasteiger partial charge in [-0.1, -0.05) is 0 Å². The maximum atomic E-state index is 12.1. The Hall–Kier alpha value is -1.88. The molecule has 1 atom stereocenters. The Morgan fingerprint density at radius 2 is 2.06 bits per heavy atom. The van der Waals surface area contributed by atoms with Gasteiger partial charge in [0.05, 0.1) is 23.8 Å². The van der Waals surface area contributed by atoms with Crippen molar-refractivity contribution in [2.45, 2.75) is 18.9 Å². The Labute approximate surface area is 104 Å². The summed E-state index contributed by atoms with van der Waals surface area (Å²) in [4.78, 5) is 25.4. The summed E-state index contributed by atoms with van der Waals surface area (Å²) in [6, 6.07) is 4.24. The molecule has 2 aliphatic heterocycles. The predicted octanol–water partition coefficient (Wildman–Crippen LogP) is 1.17. The second kappa shape index (κ2) is 4.10. The molecule has 0 spiro atoms. The number of fused-ring (bicyclic) bond motifs is 1. The van der Waals surface area contributed by atoms with Gasteiger partial charge in [-0.25, -0.2) is 0 Å². The van der Waals surface area contributed by atoms with Gasteiger partial charge in [-0.3, -0.25) is 14.5 Å². The van der Waals surface area contributed by atoms with Gasteiger partial charge in [-0.15, -0.1) is 0 Å². The Balaban J connectivity index is 1.87. The fourth-order valence-electron chi connectivity index (χ4n) is 2.44. The van der Waals surface area contributed by atoms with E-state index in [1.807, 2.05) is 0 Å². The van der Waals surface area contributed by atoms with Crippen molar-refractivity contribution < 1.29 is 19.4 Å². The van der Waals surface area contributed by atoms with E-state index in [1.54, 1.807) is 0 Å². The van der Waals surface area contributed by atoms with Crippen molar-refractivity contribution in [3.8, 4) is 5.75 Å². The standard InChI is InChI=1S/C13H13NO4/c15-8-3-4-10-11(6-8)13(17)14(12(10)16)7-9-2-1-5-18-9/h3-4,6,9,15H,1-2,5,7H2/t9-/m0/s1. The van der Waals surface area contributed by atoms with E-state index < -0.39 is 0 Å². The van der Waals surface area contributed by atoms with Crippen molar-refractivity contribution in [1.29, 1.82) is 0 Å². The van der Waals surface area contributed by atoms with Crippen LogP contribution in [0.4, 0.5) is 0 Å². The fourth-order valence-corrected chi connectivity index (χ4v) is 2.44. The van der Waals surface area contributed by atoms with Gasteiger partial charge in [0.2, 0.25) is 0 Å². The van der Waals surface area contributed by atoms with Crippen LogP contribution in [0.3, 0.4) is 0 Å². The molecule has 1 saturated heterocycles. The fraction of sp³-hybridized carbons (Fsp3) is 0.385. The minimum Gasteiger partial charge on any atom is -0.508 e. The average Bonchev–Trinajstić information content (AvgIpc) is 2.93. The molecule has 0 bridgehead atoms. The van der Waals surface area contributed by atoms with Gasteiger partial charge >= 0.3 is 0 Å². The molecular formula is C13H13NO4. The van der Waals surface area contributed by atoms with Gasteiger partial charge in [0.15, 0.2) is 0 Å². The zero-order chi connectivity index (χ0) is 12.7. The Kier molecular flexibility index (Phi) is 2.56. The van der Waals surface area contributed by atoms with E-state index in [4.69, 9.17) is 4.74 Å². The molecule has 3 rings (SSSR count). The van der Waals surface area contributed by atoms with Gasteiger partial charge in [0.25, 0.3) is 11.8 Å². The van der Waals surface area contributed by atoms with Gasteiger partial charge in [0.1, 0.15) is 5.75 Å². The minimum absolute atomic E-state index is 0.00568. The second-order valence-electron chi connectivity index (χ2n) is 4.59. The normalized spacial score (nSPS) is 22.7. The summed E-state index contributed by atoms with van der Waals surface area (Å²) in [6.07, 6.45) is 1.79. The summed E-state index contributed by atoms with van der Waals surface area (Å²) in [5, 5.41) is 9.36. The number of benzene rings is 1. The van der Waals surface area contributed by atoms with E-state index in [-0.39, 0.29) is 29.2 Å². The quantitative estimate of drug-likeness (QED) is 0.796. The van der Waals surface area contributed by atoms with Gasteiger partial charge < -0.3 is 9.84 Å². The Morgan fingerprint density at radius 1 is 1.28 bits per heavy atom. The molecule has 0 saturated carbocycles. The summed E-state index contributed by atoms with van der Waals surface area (Å²) < 4.78 is 5.44. The average molecular weight is 247 g/mol. The van der Waals surface area contributed by atoms with Crippen molar-refractivity contribution in [3.05, 3.63) is 29.3 Å². The summed E-state index contributed by atoms with van der Waals surface area (Å²) in [7, 11) is 0. The lowest BCUT2D eigenvalue weighted by Gasteiger charge is -2.17. The van der Waals surface area contributed by atoms with Gasteiger partial charge in [-0.2, -0.15) is 0 Å². The van der Waals surface area contributed by atoms with Crippen LogP contribution in [0.2, 0.25) is 0 Å². The minimum atomic E-state index is -0.346. The van der Waals surface area contributed by atoms with E-state index in [9.17, 15) is 14.7 Å². The number of carbonyl (C=O) groups excluding carboxylic acids is 2. The molecule has 0 unspecified atom stereocenters. The highest BCUT2D eigenvalue weighted by molar-refractivity contribution is 6.21. The van der Waals surface area contributed by atoms with Crippen LogP contribution in [0.1, 0.15) is 33.6 Å². The summed E-state index contributed by atoms with van der Waals surface area (Å²) >= 11 is 0. The number of hydrogen-bond donors (Lipinski definition) is 1. The number of carbonyl (C=O) groups is 2. The molecular weight excluding hydrogens is 234 g/mol. The third kappa shape index (κ3) is 1.67. The molecule has 2 aliphatic rings. The van der Waals surface area contributed by atoms with Crippen LogP contribution < -0.4 is 0 Å². The molecule has 1 N–H and O–H groups in total. The summed E-state index contributed by atoms with van der Waals surface area (Å²) in [6.45, 7) is 0.988. The first-order valence-corrected chi connectivity index (χ1v) is 5.97. The highest BCUT2D eigenvalue weighted by atomic mass is 16.5. The van der Waals surface area contributed by atoms with E-state index >= 15 is 0 Å². The van der Waals surface area contributed by atoms with Gasteiger partial charge in [-0.05, 0) is 31.0 Å². The first-order chi connectivity index (χ1) is 8.66. The molecule has 0 aromatic heterocycles. The highest BCUT2D eigenvalue weighted by Gasteiger charge is 2.37. The number of imide groups is 1. The number of ether oxygens (including phenoxy) is 1. The Bertz CT molecular complexity index is 520. The number of aromatic hydroxyl groups is 1. The monoisotopic (exact) mass is 247 g/mol. The maximum absolute atomic E-state index is 12.1. The van der Waals surface area contributed by atoms with Crippen molar-refractivity contribution in [1.82, 2.24) is 4.90 Å². The molecule has 5 heteroatoms. The van der Waals surface area contributed by atoms with Crippen LogP contribution in [0.25, 0.3) is 0 Å². The molecule has 1 aromatic carbocycles. The number of hydrogen-bond acceptors (Lipinski definition) is 4. The van der Waals surface area contributed by atoms with Crippen molar-refractivity contribution in [2.24, 2.45) is 0 Å². The van der Waals surface area contributed by atoms with E-state index in [0.29, 0.717) is 18.7 Å². The molecule has 1 aromatic rings. The third-order valence-electron chi connectivity index (χ3n) is 3.36. The van der Waals surface area contributed by atoms with E-state index in [0.717, 1.165) is 12.8 Å². The molecule has 0 aliphatic carbocycles. The molecule has 2 amide bonds. The zero-order valence-electron chi connectivity index (χ0n) is 9.76. The van der Waals surface area contributed by atoms with Crippen molar-refractivity contribution >= 4 is 11.8 Å². The lowest BCUT2D eigenvalue weighted by atomic mass is 10.1. The topological polar surface area (TPSA) is 66.8 Å². The summed E-state index contributed by atoms with van der Waals surface area (Å²) in [5.74, 6) is -0.652. The zero-order valence-corrected chi connectivity index (χ0v) is 9.76. The van der Waals surface area contributed by atoms with Crippen LogP contribution in [0, 0.1) is 0 Å². The van der Waals surface area contributed by atoms with Crippen LogP contribution >= 0.6 is 0 Å². The SMILES string of the molecule is O=C1c2ccc(O)cc2C(=O)N1C[C@@H]1CCCO1. The number of phenols is 1. The van der Waals surface area contributed by atoms with Crippen LogP contribution in [0.5, 0.6) is 5.75 Å². The molecule has 18 heavy (non-hydrogen) atoms. The van der Waals surface area contributed by atoms with E-state index in [1.165, 1.54) is 23.1 Å². The van der Waals surface area contributed by atoms with Crippen molar-refractivity contribution in [2.75, 3.05) is 13.2 Å². The molecule has 2 heterocycles. The highest BCUT2D eigenvalue weighted by Crippen LogP contribution is 2.27. The second-order valence-corrected chi connectivity index (χ2v) is 4.59. The molecule has 1 fully saturated rings. The van der Waals surface area contributed by atoms with Crippen LogP contribution in [-0.4, -0.2) is 41.1 Å². The molecule has 5 nitrogen and oxygen atoms in total. The smallest absolute Gasteiger partial charge is 0.261 e. The number of phenolic OH excluding ortho intramolecular Hbond substituents is 1. The molecule has 94 valence electrons. The summed E-state index contributed by atoms with van der Waals surface area (Å²) in [5.41, 5.74) is 0.633. The lowest BCUT2D eigenvalue weighted by Crippen LogP contribution is -2.36.